The summed E-state index contributed by atoms with van der Waals surface area (Å²) in [4.78, 5) is 13.7. The van der Waals surface area contributed by atoms with E-state index in [1.165, 1.54) is 4.90 Å². The summed E-state index contributed by atoms with van der Waals surface area (Å²) in [7, 11) is 1.68. The van der Waals surface area contributed by atoms with E-state index in [-0.39, 0.29) is 12.1 Å². The van der Waals surface area contributed by atoms with Crippen LogP contribution < -0.4 is 5.32 Å². The fraction of sp³-hybridized carbons (Fsp3) is 0.235. The van der Waals surface area contributed by atoms with Gasteiger partial charge in [-0.05, 0) is 24.6 Å². The lowest BCUT2D eigenvalue weighted by molar-refractivity contribution is 0.0894. The van der Waals surface area contributed by atoms with Crippen LogP contribution >= 0.6 is 0 Å². The van der Waals surface area contributed by atoms with Gasteiger partial charge in [0.1, 0.15) is 0 Å². The molecule has 21 heavy (non-hydrogen) atoms. The van der Waals surface area contributed by atoms with Crippen LogP contribution in [0.2, 0.25) is 0 Å². The van der Waals surface area contributed by atoms with Gasteiger partial charge in [0, 0.05) is 12.7 Å². The molecule has 2 aromatic rings. The van der Waals surface area contributed by atoms with E-state index < -0.39 is 6.10 Å². The molecule has 0 aliphatic carbocycles. The van der Waals surface area contributed by atoms with Crippen LogP contribution in [0.3, 0.4) is 0 Å². The quantitative estimate of drug-likeness (QED) is 0.905. The lowest BCUT2D eigenvalue weighted by Gasteiger charge is -2.29. The van der Waals surface area contributed by atoms with Gasteiger partial charge >= 0.3 is 6.03 Å². The van der Waals surface area contributed by atoms with E-state index in [0.717, 1.165) is 11.3 Å². The Morgan fingerprint density at radius 1 is 1.05 bits per heavy atom. The molecule has 0 fully saturated rings. The molecule has 2 amide bonds. The zero-order valence-corrected chi connectivity index (χ0v) is 12.2. The molecule has 2 N–H and O–H groups in total. The van der Waals surface area contributed by atoms with Crippen LogP contribution in [-0.4, -0.2) is 29.1 Å². The van der Waals surface area contributed by atoms with Gasteiger partial charge in [-0.2, -0.15) is 0 Å². The number of urea groups is 1. The number of para-hydroxylation sites is 1. The van der Waals surface area contributed by atoms with E-state index in [1.54, 1.807) is 7.05 Å². The van der Waals surface area contributed by atoms with Crippen LogP contribution in [0.1, 0.15) is 18.6 Å². The zero-order chi connectivity index (χ0) is 15.2. The number of hydrogen-bond acceptors (Lipinski definition) is 2. The number of amides is 2. The topological polar surface area (TPSA) is 52.6 Å². The van der Waals surface area contributed by atoms with Crippen molar-refractivity contribution < 1.29 is 9.90 Å². The SMILES string of the molecule is C[C@H]([C@H](O)c1ccccc1)N(C)C(=O)Nc1ccccc1. The van der Waals surface area contributed by atoms with E-state index >= 15 is 0 Å². The lowest BCUT2D eigenvalue weighted by Crippen LogP contribution is -2.41. The van der Waals surface area contributed by atoms with Crippen LogP contribution in [0.4, 0.5) is 10.5 Å². The maximum Gasteiger partial charge on any atom is 0.321 e. The highest BCUT2D eigenvalue weighted by Crippen LogP contribution is 2.20. The fourth-order valence-corrected chi connectivity index (χ4v) is 2.06. The van der Waals surface area contributed by atoms with Crippen molar-refractivity contribution >= 4 is 11.7 Å². The number of aliphatic hydroxyl groups excluding tert-OH is 1. The lowest BCUT2D eigenvalue weighted by atomic mass is 10.0. The summed E-state index contributed by atoms with van der Waals surface area (Å²) in [6.45, 7) is 1.82. The van der Waals surface area contributed by atoms with Gasteiger partial charge in [0.2, 0.25) is 0 Å². The van der Waals surface area contributed by atoms with Gasteiger partial charge in [-0.3, -0.25) is 0 Å². The molecule has 0 heterocycles. The number of benzene rings is 2. The van der Waals surface area contributed by atoms with Crippen LogP contribution in [0.5, 0.6) is 0 Å². The van der Waals surface area contributed by atoms with Crippen molar-refractivity contribution in [3.8, 4) is 0 Å². The maximum absolute atomic E-state index is 12.2. The molecular weight excluding hydrogens is 264 g/mol. The van der Waals surface area contributed by atoms with Crippen LogP contribution in [0.15, 0.2) is 60.7 Å². The Hall–Kier alpha value is -2.33. The van der Waals surface area contributed by atoms with Crippen molar-refractivity contribution in [1.82, 2.24) is 4.90 Å². The second-order valence-corrected chi connectivity index (χ2v) is 5.00. The first-order valence-electron chi connectivity index (χ1n) is 6.91. The number of hydrogen-bond donors (Lipinski definition) is 2. The van der Waals surface area contributed by atoms with Crippen molar-refractivity contribution in [2.75, 3.05) is 12.4 Å². The fourth-order valence-electron chi connectivity index (χ4n) is 2.06. The largest absolute Gasteiger partial charge is 0.386 e. The van der Waals surface area contributed by atoms with Gasteiger partial charge in [0.15, 0.2) is 0 Å². The van der Waals surface area contributed by atoms with E-state index in [9.17, 15) is 9.90 Å². The van der Waals surface area contributed by atoms with Crippen LogP contribution in [0, 0.1) is 0 Å². The van der Waals surface area contributed by atoms with Gasteiger partial charge in [-0.1, -0.05) is 48.5 Å². The molecule has 2 aromatic carbocycles. The van der Waals surface area contributed by atoms with Gasteiger partial charge in [-0.25, -0.2) is 4.79 Å². The maximum atomic E-state index is 12.2. The zero-order valence-electron chi connectivity index (χ0n) is 12.2. The molecular formula is C17H20N2O2. The summed E-state index contributed by atoms with van der Waals surface area (Å²) in [6.07, 6.45) is -0.724. The summed E-state index contributed by atoms with van der Waals surface area (Å²) in [5.41, 5.74) is 1.53. The normalized spacial score (nSPS) is 13.3. The Kier molecular flexibility index (Phi) is 4.95. The van der Waals surface area contributed by atoms with Gasteiger partial charge in [0.05, 0.1) is 12.1 Å². The van der Waals surface area contributed by atoms with Crippen molar-refractivity contribution in [2.45, 2.75) is 19.1 Å². The summed E-state index contributed by atoms with van der Waals surface area (Å²) >= 11 is 0. The number of nitrogens with zero attached hydrogens (tertiary/aromatic N) is 1. The number of likely N-dealkylation sites (N-methyl/N-ethyl adjacent to an activating group) is 1. The highest BCUT2D eigenvalue weighted by molar-refractivity contribution is 5.89. The molecule has 2 atom stereocenters. The molecule has 2 rings (SSSR count). The number of aliphatic hydroxyl groups is 1. The second-order valence-electron chi connectivity index (χ2n) is 5.00. The van der Waals surface area contributed by atoms with Crippen LogP contribution in [0.25, 0.3) is 0 Å². The summed E-state index contributed by atoms with van der Waals surface area (Å²) in [5, 5.41) is 13.2. The summed E-state index contributed by atoms with van der Waals surface area (Å²) < 4.78 is 0. The monoisotopic (exact) mass is 284 g/mol. The molecule has 0 unspecified atom stereocenters. The van der Waals surface area contributed by atoms with E-state index in [1.807, 2.05) is 67.6 Å². The molecule has 0 bridgehead atoms. The predicted octanol–water partition coefficient (Wildman–Crippen LogP) is 3.27. The Morgan fingerprint density at radius 2 is 1.57 bits per heavy atom. The Labute approximate surface area is 125 Å². The Morgan fingerprint density at radius 3 is 2.14 bits per heavy atom. The molecule has 0 aliphatic rings. The molecule has 0 aromatic heterocycles. The van der Waals surface area contributed by atoms with Crippen molar-refractivity contribution in [3.63, 3.8) is 0 Å². The van der Waals surface area contributed by atoms with Crippen LogP contribution in [-0.2, 0) is 0 Å². The molecule has 110 valence electrons. The number of carbonyl (C=O) groups excluding carboxylic acids is 1. The van der Waals surface area contributed by atoms with E-state index in [4.69, 9.17) is 0 Å². The number of rotatable bonds is 4. The summed E-state index contributed by atoms with van der Waals surface area (Å²) in [5.74, 6) is 0. The third kappa shape index (κ3) is 3.83. The first-order chi connectivity index (χ1) is 10.1. The first kappa shape index (κ1) is 15.1. The standard InChI is InChI=1S/C17H20N2O2/c1-13(16(20)14-9-5-3-6-10-14)19(2)17(21)18-15-11-7-4-8-12-15/h3-13,16,20H,1-2H3,(H,18,21)/t13-,16+/m1/s1. The number of anilines is 1. The van der Waals surface area contributed by atoms with Crippen molar-refractivity contribution in [2.24, 2.45) is 0 Å². The molecule has 0 radical (unpaired) electrons. The van der Waals surface area contributed by atoms with Crippen molar-refractivity contribution in [1.29, 1.82) is 0 Å². The third-order valence-electron chi connectivity index (χ3n) is 3.55. The second kappa shape index (κ2) is 6.90. The predicted molar refractivity (Wildman–Crippen MR) is 84.1 cm³/mol. The van der Waals surface area contributed by atoms with Gasteiger partial charge in [-0.15, -0.1) is 0 Å². The van der Waals surface area contributed by atoms with Crippen molar-refractivity contribution in [3.05, 3.63) is 66.2 Å². The highest BCUT2D eigenvalue weighted by atomic mass is 16.3. The summed E-state index contributed by atoms with van der Waals surface area (Å²) in [6, 6.07) is 18.0. The van der Waals surface area contributed by atoms with E-state index in [0.29, 0.717) is 0 Å². The highest BCUT2D eigenvalue weighted by Gasteiger charge is 2.23. The minimum atomic E-state index is -0.724. The number of nitrogens with one attached hydrogen (secondary N) is 1. The smallest absolute Gasteiger partial charge is 0.321 e. The average molecular weight is 284 g/mol. The minimum Gasteiger partial charge on any atom is -0.386 e. The Balaban J connectivity index is 2.01. The molecule has 0 spiro atoms. The number of carbonyl (C=O) groups is 1. The minimum absolute atomic E-state index is 0.247. The Bertz CT molecular complexity index is 572. The average Bonchev–Trinajstić information content (AvgIpc) is 2.54. The molecule has 4 nitrogen and oxygen atoms in total. The molecule has 4 heteroatoms. The van der Waals surface area contributed by atoms with Gasteiger partial charge in [0.25, 0.3) is 0 Å². The third-order valence-corrected chi connectivity index (χ3v) is 3.55. The molecule has 0 aliphatic heterocycles. The van der Waals surface area contributed by atoms with E-state index in [2.05, 4.69) is 5.32 Å². The first-order valence-corrected chi connectivity index (χ1v) is 6.91. The molecule has 0 saturated heterocycles. The molecule has 0 saturated carbocycles. The van der Waals surface area contributed by atoms with Gasteiger partial charge < -0.3 is 15.3 Å².